The maximum Gasteiger partial charge on any atom is 0.223 e. The highest BCUT2D eigenvalue weighted by Gasteiger charge is 2.25. The molecule has 1 fully saturated rings. The van der Waals surface area contributed by atoms with Crippen LogP contribution < -0.4 is 5.32 Å². The monoisotopic (exact) mass is 374 g/mol. The van der Waals surface area contributed by atoms with Gasteiger partial charge >= 0.3 is 0 Å². The van der Waals surface area contributed by atoms with Crippen molar-refractivity contribution in [2.45, 2.75) is 25.8 Å². The molecule has 1 saturated heterocycles. The fraction of sp³-hybridized carbons (Fsp3) is 0.381. The fourth-order valence-corrected chi connectivity index (χ4v) is 3.60. The SMILES string of the molecule is O=C(NCCc1ccccc1)C1CCN(Cc2c(F)cccc2Cl)CC1. The number of rotatable bonds is 6. The highest BCUT2D eigenvalue weighted by Crippen LogP contribution is 2.24. The van der Waals surface area contributed by atoms with Crippen LogP contribution in [-0.4, -0.2) is 30.4 Å². The van der Waals surface area contributed by atoms with Gasteiger partial charge in [-0.05, 0) is 50.0 Å². The van der Waals surface area contributed by atoms with Gasteiger partial charge in [0.15, 0.2) is 0 Å². The van der Waals surface area contributed by atoms with Gasteiger partial charge in [0, 0.05) is 29.6 Å². The van der Waals surface area contributed by atoms with Gasteiger partial charge in [-0.3, -0.25) is 9.69 Å². The van der Waals surface area contributed by atoms with E-state index in [4.69, 9.17) is 11.6 Å². The van der Waals surface area contributed by atoms with Gasteiger partial charge in [0.05, 0.1) is 0 Å². The minimum absolute atomic E-state index is 0.0399. The molecule has 0 aliphatic carbocycles. The van der Waals surface area contributed by atoms with Crippen LogP contribution in [0.5, 0.6) is 0 Å². The number of halogens is 2. The number of benzene rings is 2. The molecule has 2 aromatic carbocycles. The summed E-state index contributed by atoms with van der Waals surface area (Å²) in [5, 5.41) is 3.51. The van der Waals surface area contributed by atoms with Gasteiger partial charge in [0.1, 0.15) is 5.82 Å². The number of piperidine rings is 1. The van der Waals surface area contributed by atoms with Crippen molar-refractivity contribution in [3.8, 4) is 0 Å². The van der Waals surface area contributed by atoms with E-state index in [1.165, 1.54) is 11.6 Å². The Labute approximate surface area is 159 Å². The van der Waals surface area contributed by atoms with Crippen molar-refractivity contribution in [3.05, 3.63) is 70.5 Å². The van der Waals surface area contributed by atoms with Gasteiger partial charge in [0.25, 0.3) is 0 Å². The van der Waals surface area contributed by atoms with E-state index in [9.17, 15) is 9.18 Å². The lowest BCUT2D eigenvalue weighted by molar-refractivity contribution is -0.126. The van der Waals surface area contributed by atoms with E-state index in [1.807, 2.05) is 18.2 Å². The molecule has 1 heterocycles. The number of nitrogens with zero attached hydrogens (tertiary/aromatic N) is 1. The fourth-order valence-electron chi connectivity index (χ4n) is 3.38. The number of nitrogens with one attached hydrogen (secondary N) is 1. The minimum atomic E-state index is -0.265. The molecular formula is C21H24ClFN2O. The summed E-state index contributed by atoms with van der Waals surface area (Å²) < 4.78 is 13.9. The Balaban J connectivity index is 1.42. The molecule has 1 aliphatic heterocycles. The number of carbonyl (C=O) groups excluding carboxylic acids is 1. The second kappa shape index (κ2) is 9.15. The van der Waals surface area contributed by atoms with Gasteiger partial charge in [-0.25, -0.2) is 4.39 Å². The van der Waals surface area contributed by atoms with E-state index < -0.39 is 0 Å². The largest absolute Gasteiger partial charge is 0.356 e. The molecule has 138 valence electrons. The molecule has 1 N–H and O–H groups in total. The average Bonchev–Trinajstić information content (AvgIpc) is 2.66. The minimum Gasteiger partial charge on any atom is -0.356 e. The predicted molar refractivity (Wildman–Crippen MR) is 103 cm³/mol. The first-order valence-corrected chi connectivity index (χ1v) is 9.48. The zero-order chi connectivity index (χ0) is 18.4. The molecule has 0 aromatic heterocycles. The third kappa shape index (κ3) is 5.05. The molecule has 5 heteroatoms. The average molecular weight is 375 g/mol. The zero-order valence-corrected chi connectivity index (χ0v) is 15.5. The number of hydrogen-bond donors (Lipinski definition) is 1. The molecule has 0 unspecified atom stereocenters. The maximum atomic E-state index is 13.9. The summed E-state index contributed by atoms with van der Waals surface area (Å²) in [7, 11) is 0. The van der Waals surface area contributed by atoms with Crippen molar-refractivity contribution in [1.29, 1.82) is 0 Å². The van der Waals surface area contributed by atoms with Crippen LogP contribution in [0.2, 0.25) is 5.02 Å². The normalized spacial score (nSPS) is 15.8. The second-order valence-electron chi connectivity index (χ2n) is 6.78. The van der Waals surface area contributed by atoms with E-state index in [1.54, 1.807) is 12.1 Å². The summed E-state index contributed by atoms with van der Waals surface area (Å²) in [6, 6.07) is 14.9. The smallest absolute Gasteiger partial charge is 0.223 e. The van der Waals surface area contributed by atoms with E-state index in [-0.39, 0.29) is 17.6 Å². The highest BCUT2D eigenvalue weighted by molar-refractivity contribution is 6.31. The first-order valence-electron chi connectivity index (χ1n) is 9.10. The Morgan fingerprint density at radius 2 is 1.85 bits per heavy atom. The van der Waals surface area contributed by atoms with Crippen molar-refractivity contribution < 1.29 is 9.18 Å². The lowest BCUT2D eigenvalue weighted by atomic mass is 9.95. The van der Waals surface area contributed by atoms with Gasteiger partial charge in [0.2, 0.25) is 5.91 Å². The second-order valence-corrected chi connectivity index (χ2v) is 7.18. The van der Waals surface area contributed by atoms with Crippen molar-refractivity contribution in [2.24, 2.45) is 5.92 Å². The quantitative estimate of drug-likeness (QED) is 0.827. The van der Waals surface area contributed by atoms with E-state index in [2.05, 4.69) is 22.3 Å². The molecule has 3 nitrogen and oxygen atoms in total. The van der Waals surface area contributed by atoms with Crippen LogP contribution in [-0.2, 0) is 17.8 Å². The van der Waals surface area contributed by atoms with Crippen LogP contribution in [0.3, 0.4) is 0 Å². The lowest BCUT2D eigenvalue weighted by Crippen LogP contribution is -2.40. The Kier molecular flexibility index (Phi) is 6.64. The third-order valence-corrected chi connectivity index (χ3v) is 5.31. The van der Waals surface area contributed by atoms with Gasteiger partial charge in [-0.2, -0.15) is 0 Å². The van der Waals surface area contributed by atoms with Gasteiger partial charge in [-0.1, -0.05) is 48.0 Å². The van der Waals surface area contributed by atoms with Crippen LogP contribution >= 0.6 is 11.6 Å². The zero-order valence-electron chi connectivity index (χ0n) is 14.8. The Morgan fingerprint density at radius 1 is 1.12 bits per heavy atom. The predicted octanol–water partition coefficient (Wildman–Crippen LogP) is 4.05. The molecule has 3 rings (SSSR count). The molecule has 0 bridgehead atoms. The first-order chi connectivity index (χ1) is 12.6. The Bertz CT molecular complexity index is 710. The summed E-state index contributed by atoms with van der Waals surface area (Å²) >= 11 is 6.10. The molecule has 26 heavy (non-hydrogen) atoms. The molecule has 1 aliphatic rings. The molecule has 1 amide bonds. The molecule has 2 aromatic rings. The van der Waals surface area contributed by atoms with Crippen LogP contribution in [0.15, 0.2) is 48.5 Å². The van der Waals surface area contributed by atoms with E-state index in [0.29, 0.717) is 23.7 Å². The highest BCUT2D eigenvalue weighted by atomic mass is 35.5. The topological polar surface area (TPSA) is 32.3 Å². The van der Waals surface area contributed by atoms with Crippen molar-refractivity contribution in [3.63, 3.8) is 0 Å². The first kappa shape index (κ1) is 18.9. The molecule has 0 spiro atoms. The standard InChI is InChI=1S/C21H24ClFN2O/c22-19-7-4-8-20(23)18(19)15-25-13-10-17(11-14-25)21(26)24-12-9-16-5-2-1-3-6-16/h1-8,17H,9-15H2,(H,24,26). The van der Waals surface area contributed by atoms with Crippen LogP contribution in [0.4, 0.5) is 4.39 Å². The van der Waals surface area contributed by atoms with Crippen LogP contribution in [0, 0.1) is 11.7 Å². The van der Waals surface area contributed by atoms with Gasteiger partial charge < -0.3 is 5.32 Å². The molecule has 0 atom stereocenters. The van der Waals surface area contributed by atoms with Crippen LogP contribution in [0.25, 0.3) is 0 Å². The van der Waals surface area contributed by atoms with Crippen molar-refractivity contribution >= 4 is 17.5 Å². The molecule has 0 saturated carbocycles. The summed E-state index contributed by atoms with van der Waals surface area (Å²) in [4.78, 5) is 14.5. The number of hydrogen-bond acceptors (Lipinski definition) is 2. The molecule has 0 radical (unpaired) electrons. The number of likely N-dealkylation sites (tertiary alicyclic amines) is 1. The third-order valence-electron chi connectivity index (χ3n) is 4.96. The van der Waals surface area contributed by atoms with Crippen molar-refractivity contribution in [2.75, 3.05) is 19.6 Å². The van der Waals surface area contributed by atoms with Crippen molar-refractivity contribution in [1.82, 2.24) is 10.2 Å². The maximum absolute atomic E-state index is 13.9. The number of carbonyl (C=O) groups is 1. The number of amides is 1. The molecular weight excluding hydrogens is 351 g/mol. The van der Waals surface area contributed by atoms with E-state index >= 15 is 0 Å². The Morgan fingerprint density at radius 3 is 2.54 bits per heavy atom. The summed E-state index contributed by atoms with van der Waals surface area (Å²) in [6.07, 6.45) is 2.43. The lowest BCUT2D eigenvalue weighted by Gasteiger charge is -2.31. The van der Waals surface area contributed by atoms with Gasteiger partial charge in [-0.15, -0.1) is 0 Å². The Hall–Kier alpha value is -1.91. The van der Waals surface area contributed by atoms with Crippen LogP contribution in [0.1, 0.15) is 24.0 Å². The summed E-state index contributed by atoms with van der Waals surface area (Å²) in [5.41, 5.74) is 1.77. The summed E-state index contributed by atoms with van der Waals surface area (Å²) in [5.74, 6) is -0.0964. The van der Waals surface area contributed by atoms with E-state index in [0.717, 1.165) is 32.4 Å². The summed E-state index contributed by atoms with van der Waals surface area (Å²) in [6.45, 7) is 2.71.